The number of ether oxygens (including phenoxy) is 1. The molecule has 214 valence electrons. The van der Waals surface area contributed by atoms with E-state index in [4.69, 9.17) is 9.72 Å². The Morgan fingerprint density at radius 1 is 0.821 bits per heavy atom. The second-order valence-electron chi connectivity index (χ2n) is 14.6. The third-order valence-corrected chi connectivity index (χ3v) is 10.8. The first-order valence-corrected chi connectivity index (χ1v) is 16.2. The highest BCUT2D eigenvalue weighted by Crippen LogP contribution is 2.48. The molecule has 1 aromatic heterocycles. The highest BCUT2D eigenvalue weighted by Gasteiger charge is 2.46. The Labute approximate surface area is 235 Å². The maximum absolute atomic E-state index is 11.2. The van der Waals surface area contributed by atoms with Gasteiger partial charge in [0.15, 0.2) is 6.29 Å². The lowest BCUT2D eigenvalue weighted by molar-refractivity contribution is -0.174. The van der Waals surface area contributed by atoms with E-state index in [1.54, 1.807) is 0 Å². The molecule has 1 aromatic carbocycles. The molecule has 6 heteroatoms. The monoisotopic (exact) mass is 534 g/mol. The van der Waals surface area contributed by atoms with Gasteiger partial charge in [-0.05, 0) is 103 Å². The summed E-state index contributed by atoms with van der Waals surface area (Å²) in [5.41, 5.74) is 1.96. The average molecular weight is 535 g/mol. The summed E-state index contributed by atoms with van der Waals surface area (Å²) in [5, 5.41) is 11.2. The van der Waals surface area contributed by atoms with Crippen LogP contribution in [0.15, 0.2) is 24.3 Å². The second kappa shape index (κ2) is 10.3. The molecule has 39 heavy (non-hydrogen) atoms. The van der Waals surface area contributed by atoms with Crippen LogP contribution in [-0.4, -0.2) is 62.2 Å². The minimum absolute atomic E-state index is 0.0546. The van der Waals surface area contributed by atoms with Gasteiger partial charge in [-0.15, -0.1) is 0 Å². The zero-order valence-corrected chi connectivity index (χ0v) is 24.5. The molecule has 1 N–H and O–H groups in total. The largest absolute Gasteiger partial charge is 0.366 e. The summed E-state index contributed by atoms with van der Waals surface area (Å²) in [4.78, 5) is 10.7. The first-order valence-electron chi connectivity index (χ1n) is 16.2. The Bertz CT molecular complexity index is 1130. The van der Waals surface area contributed by atoms with E-state index >= 15 is 0 Å². The molecule has 7 rings (SSSR count). The zero-order chi connectivity index (χ0) is 26.7. The Morgan fingerprint density at radius 3 is 2.23 bits per heavy atom. The molecular formula is C33H50N4O2. The summed E-state index contributed by atoms with van der Waals surface area (Å²) < 4.78 is 8.67. The lowest BCUT2D eigenvalue weighted by Crippen LogP contribution is -2.58. The molecule has 4 bridgehead atoms. The van der Waals surface area contributed by atoms with Gasteiger partial charge in [0.25, 0.3) is 0 Å². The van der Waals surface area contributed by atoms with Crippen LogP contribution in [0.25, 0.3) is 11.0 Å². The van der Waals surface area contributed by atoms with E-state index in [0.717, 1.165) is 48.7 Å². The van der Waals surface area contributed by atoms with Crippen molar-refractivity contribution in [2.45, 2.75) is 146 Å². The quantitative estimate of drug-likeness (QED) is 0.435. The van der Waals surface area contributed by atoms with Crippen LogP contribution in [0, 0.1) is 11.8 Å². The van der Waals surface area contributed by atoms with Crippen molar-refractivity contribution in [3.8, 4) is 0 Å². The SMILES string of the molecule is CC(C)(C)OC(O)[C@@H]1CCCN1c1nc2ccccc2n1C1C[C@H]2CCC[C@@H](C1)N2C1C[C@H]2CCC[C@@H](C1)C2. The molecule has 3 unspecified atom stereocenters. The number of aliphatic hydroxyl groups excluding tert-OH is 1. The van der Waals surface area contributed by atoms with E-state index in [9.17, 15) is 5.11 Å². The number of anilines is 1. The number of piperidine rings is 2. The van der Waals surface area contributed by atoms with Crippen molar-refractivity contribution in [2.75, 3.05) is 11.4 Å². The van der Waals surface area contributed by atoms with Gasteiger partial charge in [0.2, 0.25) is 5.95 Å². The summed E-state index contributed by atoms with van der Waals surface area (Å²) in [6.07, 6.45) is 16.6. The van der Waals surface area contributed by atoms with Gasteiger partial charge >= 0.3 is 0 Å². The number of nitrogens with zero attached hydrogens (tertiary/aromatic N) is 4. The van der Waals surface area contributed by atoms with E-state index in [1.165, 1.54) is 76.1 Å². The van der Waals surface area contributed by atoms with Gasteiger partial charge in [-0.3, -0.25) is 4.90 Å². The predicted molar refractivity (Wildman–Crippen MR) is 157 cm³/mol. The normalized spacial score (nSPS) is 36.4. The maximum Gasteiger partial charge on any atom is 0.207 e. The van der Waals surface area contributed by atoms with Crippen molar-refractivity contribution in [1.29, 1.82) is 0 Å². The van der Waals surface area contributed by atoms with Gasteiger partial charge in [0, 0.05) is 30.7 Å². The molecule has 5 fully saturated rings. The average Bonchev–Trinajstić information content (AvgIpc) is 3.52. The molecule has 0 spiro atoms. The lowest BCUT2D eigenvalue weighted by atomic mass is 9.68. The summed E-state index contributed by atoms with van der Waals surface area (Å²) in [6, 6.07) is 11.3. The molecule has 5 aliphatic rings. The number of rotatable bonds is 5. The van der Waals surface area contributed by atoms with Crippen molar-refractivity contribution in [3.63, 3.8) is 0 Å². The molecule has 2 saturated carbocycles. The fraction of sp³-hybridized carbons (Fsp3) is 0.788. The minimum Gasteiger partial charge on any atom is -0.366 e. The highest BCUT2D eigenvalue weighted by atomic mass is 16.6. The first kappa shape index (κ1) is 26.3. The molecule has 3 saturated heterocycles. The van der Waals surface area contributed by atoms with Crippen LogP contribution in [0.2, 0.25) is 0 Å². The van der Waals surface area contributed by atoms with E-state index in [0.29, 0.717) is 18.1 Å². The van der Waals surface area contributed by atoms with Crippen LogP contribution >= 0.6 is 0 Å². The molecule has 4 heterocycles. The van der Waals surface area contributed by atoms with E-state index in [2.05, 4.69) is 38.6 Å². The van der Waals surface area contributed by atoms with Gasteiger partial charge in [-0.25, -0.2) is 4.98 Å². The number of aromatic nitrogens is 2. The number of para-hydroxylation sites is 2. The number of hydrogen-bond acceptors (Lipinski definition) is 5. The van der Waals surface area contributed by atoms with Crippen LogP contribution < -0.4 is 4.90 Å². The molecule has 2 aliphatic carbocycles. The second-order valence-corrected chi connectivity index (χ2v) is 14.6. The minimum atomic E-state index is -0.812. The van der Waals surface area contributed by atoms with Gasteiger partial charge in [0.1, 0.15) is 0 Å². The van der Waals surface area contributed by atoms with Gasteiger partial charge in [-0.1, -0.05) is 37.8 Å². The predicted octanol–water partition coefficient (Wildman–Crippen LogP) is 6.67. The fourth-order valence-electron chi connectivity index (χ4n) is 9.51. The first-order chi connectivity index (χ1) is 18.8. The number of imidazole rings is 1. The van der Waals surface area contributed by atoms with Crippen LogP contribution in [0.4, 0.5) is 5.95 Å². The fourth-order valence-corrected chi connectivity index (χ4v) is 9.51. The lowest BCUT2D eigenvalue weighted by Gasteiger charge is -2.55. The topological polar surface area (TPSA) is 53.8 Å². The van der Waals surface area contributed by atoms with E-state index in [1.807, 2.05) is 20.8 Å². The van der Waals surface area contributed by atoms with Crippen LogP contribution in [0.5, 0.6) is 0 Å². The Hall–Kier alpha value is -1.63. The summed E-state index contributed by atoms with van der Waals surface area (Å²) in [6.45, 7) is 7.00. The Kier molecular flexibility index (Phi) is 6.96. The number of benzene rings is 1. The number of aliphatic hydroxyl groups is 1. The highest BCUT2D eigenvalue weighted by molar-refractivity contribution is 5.79. The molecule has 6 nitrogen and oxygen atoms in total. The summed E-state index contributed by atoms with van der Waals surface area (Å²) in [5.74, 6) is 3.02. The van der Waals surface area contributed by atoms with Gasteiger partial charge in [0.05, 0.1) is 22.7 Å². The third-order valence-electron chi connectivity index (χ3n) is 10.8. The van der Waals surface area contributed by atoms with Crippen LogP contribution in [0.3, 0.4) is 0 Å². The summed E-state index contributed by atoms with van der Waals surface area (Å²) in [7, 11) is 0. The van der Waals surface area contributed by atoms with Gasteiger partial charge < -0.3 is 19.3 Å². The van der Waals surface area contributed by atoms with Crippen molar-refractivity contribution in [2.24, 2.45) is 11.8 Å². The smallest absolute Gasteiger partial charge is 0.207 e. The van der Waals surface area contributed by atoms with Crippen molar-refractivity contribution in [3.05, 3.63) is 24.3 Å². The van der Waals surface area contributed by atoms with E-state index < -0.39 is 6.29 Å². The molecule has 3 aliphatic heterocycles. The maximum atomic E-state index is 11.2. The Morgan fingerprint density at radius 2 is 1.51 bits per heavy atom. The molecule has 8 atom stereocenters. The van der Waals surface area contributed by atoms with Crippen molar-refractivity contribution < 1.29 is 9.84 Å². The molecule has 0 amide bonds. The van der Waals surface area contributed by atoms with Gasteiger partial charge in [-0.2, -0.15) is 0 Å². The summed E-state index contributed by atoms with van der Waals surface area (Å²) >= 11 is 0. The van der Waals surface area contributed by atoms with Crippen LogP contribution in [-0.2, 0) is 4.74 Å². The number of fused-ring (bicyclic) bond motifs is 5. The van der Waals surface area contributed by atoms with Crippen molar-refractivity contribution in [1.82, 2.24) is 14.5 Å². The molecule has 0 radical (unpaired) electrons. The zero-order valence-electron chi connectivity index (χ0n) is 24.5. The third kappa shape index (κ3) is 5.04. The molecule has 2 aromatic rings. The molecular weight excluding hydrogens is 484 g/mol. The standard InChI is InChI=1S/C33H50N4O2/c1-33(2,3)39-31(38)30-15-8-16-35(30)32-34-28-13-4-5-14-29(28)37(32)27-20-24-11-7-12-25(21-27)36(24)26-18-22-9-6-10-23(17-22)19-26/h4-5,13-14,22-27,30-31,38H,6-12,15-21H2,1-3H3/t22-,23+,24-,25+,26?,27?,30-,31?/m0/s1. The number of hydrogen-bond donors (Lipinski definition) is 1. The Balaban J connectivity index is 1.19. The van der Waals surface area contributed by atoms with Crippen molar-refractivity contribution >= 4 is 17.0 Å². The van der Waals surface area contributed by atoms with Crippen LogP contribution in [0.1, 0.15) is 110 Å². The van der Waals surface area contributed by atoms with E-state index in [-0.39, 0.29) is 11.6 Å².